The molecule has 2 atom stereocenters. The van der Waals surface area contributed by atoms with Gasteiger partial charge in [-0.2, -0.15) is 0 Å². The lowest BCUT2D eigenvalue weighted by Gasteiger charge is -2.17. The zero-order chi connectivity index (χ0) is 26.4. The third-order valence-corrected chi connectivity index (χ3v) is 7.04. The molecule has 35 heavy (non-hydrogen) atoms. The highest BCUT2D eigenvalue weighted by molar-refractivity contribution is 8.76. The van der Waals surface area contributed by atoms with Crippen LogP contribution in [0.3, 0.4) is 0 Å². The van der Waals surface area contributed by atoms with E-state index in [9.17, 15) is 34.2 Å². The Kier molecular flexibility index (Phi) is 14.4. The minimum Gasteiger partial charge on any atom is -0.469 e. The van der Waals surface area contributed by atoms with Crippen LogP contribution in [0.5, 0.6) is 0 Å². The molecular weight excluding hydrogens is 502 g/mol. The van der Waals surface area contributed by atoms with E-state index in [1.54, 1.807) is 0 Å². The number of hydrogen-bond donors (Lipinski definition) is 2. The first-order valence-electron chi connectivity index (χ1n) is 11.0. The summed E-state index contributed by atoms with van der Waals surface area (Å²) in [5.74, 6) is 0.0851. The van der Waals surface area contributed by atoms with Crippen LogP contribution in [0.4, 0.5) is 0 Å². The number of nitrogens with zero attached hydrogens (tertiary/aromatic N) is 3. The number of aliphatic hydroxyl groups excluding tert-OH is 2. The monoisotopic (exact) mass is 535 g/mol. The van der Waals surface area contributed by atoms with Crippen molar-refractivity contribution >= 4 is 33.5 Å². The van der Waals surface area contributed by atoms with Crippen LogP contribution in [-0.4, -0.2) is 73.3 Å². The number of aromatic nitrogens is 3. The van der Waals surface area contributed by atoms with Gasteiger partial charge < -0.3 is 19.7 Å². The molecule has 1 heterocycles. The summed E-state index contributed by atoms with van der Waals surface area (Å²) in [4.78, 5) is 61.0. The molecule has 1 aromatic rings. The third-order valence-electron chi connectivity index (χ3n) is 4.63. The molecule has 2 unspecified atom stereocenters. The van der Waals surface area contributed by atoms with Crippen LogP contribution in [0.15, 0.2) is 27.0 Å². The summed E-state index contributed by atoms with van der Waals surface area (Å²) >= 11 is 0. The van der Waals surface area contributed by atoms with Crippen LogP contribution in [0.1, 0.15) is 32.6 Å². The fourth-order valence-corrected chi connectivity index (χ4v) is 4.85. The molecule has 0 amide bonds. The van der Waals surface area contributed by atoms with Gasteiger partial charge >= 0.3 is 29.0 Å². The van der Waals surface area contributed by atoms with Crippen molar-refractivity contribution in [3.63, 3.8) is 0 Å². The molecule has 2 N–H and O–H groups in total. The molecule has 0 saturated heterocycles. The Balaban J connectivity index is 2.75. The fraction of sp³-hybridized carbons (Fsp3) is 0.667. The number of esters is 2. The Morgan fingerprint density at radius 1 is 0.943 bits per heavy atom. The molecule has 0 bridgehead atoms. The number of methoxy groups -OCH3 is 1. The van der Waals surface area contributed by atoms with E-state index in [4.69, 9.17) is 4.74 Å². The van der Waals surface area contributed by atoms with Gasteiger partial charge in [-0.1, -0.05) is 41.0 Å². The van der Waals surface area contributed by atoms with Gasteiger partial charge in [0.05, 0.1) is 45.7 Å². The van der Waals surface area contributed by atoms with Gasteiger partial charge in [-0.05, 0) is 6.42 Å². The second-order valence-corrected chi connectivity index (χ2v) is 10.2. The Labute approximate surface area is 210 Å². The predicted octanol–water partition coefficient (Wildman–Crippen LogP) is -0.243. The van der Waals surface area contributed by atoms with Crippen LogP contribution < -0.4 is 17.1 Å². The Morgan fingerprint density at radius 2 is 1.46 bits per heavy atom. The van der Waals surface area contributed by atoms with Gasteiger partial charge in [-0.25, -0.2) is 28.1 Å². The van der Waals surface area contributed by atoms with E-state index in [0.29, 0.717) is 28.9 Å². The third kappa shape index (κ3) is 10.5. The second-order valence-electron chi connectivity index (χ2n) is 7.47. The Morgan fingerprint density at radius 3 is 1.97 bits per heavy atom. The molecule has 0 aliphatic rings. The molecular formula is C21H33N3O9S2. The van der Waals surface area contributed by atoms with E-state index in [0.717, 1.165) is 9.13 Å². The molecule has 0 fully saturated rings. The van der Waals surface area contributed by atoms with Crippen LogP contribution in [-0.2, 0) is 38.7 Å². The molecule has 0 spiro atoms. The van der Waals surface area contributed by atoms with Crippen molar-refractivity contribution in [2.45, 2.75) is 64.4 Å². The first-order valence-corrected chi connectivity index (χ1v) is 13.5. The van der Waals surface area contributed by atoms with Crippen molar-refractivity contribution in [2.24, 2.45) is 0 Å². The summed E-state index contributed by atoms with van der Waals surface area (Å²) in [7, 11) is 4.11. The van der Waals surface area contributed by atoms with Gasteiger partial charge in [0, 0.05) is 11.5 Å². The number of ether oxygens (including phenoxy) is 2. The van der Waals surface area contributed by atoms with E-state index in [1.165, 1.54) is 34.8 Å². The number of aliphatic hydroxyl groups is 2. The molecule has 198 valence electrons. The SMILES string of the molecule is C=CCn1c(=O)n(CC(O)CCC)c(=O)n(CC(O)COC(=O)CCSSCCC(=O)OC)c1=O. The van der Waals surface area contributed by atoms with Crippen molar-refractivity contribution < 1.29 is 29.3 Å². The van der Waals surface area contributed by atoms with Gasteiger partial charge in [0.15, 0.2) is 0 Å². The molecule has 0 radical (unpaired) electrons. The molecule has 14 heteroatoms. The van der Waals surface area contributed by atoms with Gasteiger partial charge in [0.2, 0.25) is 0 Å². The highest BCUT2D eigenvalue weighted by Crippen LogP contribution is 2.22. The molecule has 0 saturated carbocycles. The smallest absolute Gasteiger partial charge is 0.336 e. The second kappa shape index (κ2) is 16.4. The maximum absolute atomic E-state index is 12.8. The van der Waals surface area contributed by atoms with Gasteiger partial charge in [-0.3, -0.25) is 9.59 Å². The van der Waals surface area contributed by atoms with Crippen LogP contribution in [0.25, 0.3) is 0 Å². The zero-order valence-electron chi connectivity index (χ0n) is 19.9. The average molecular weight is 536 g/mol. The van der Waals surface area contributed by atoms with Gasteiger partial charge in [0.25, 0.3) is 0 Å². The number of carbonyl (C=O) groups is 2. The maximum atomic E-state index is 12.8. The molecule has 0 aliphatic heterocycles. The largest absolute Gasteiger partial charge is 0.469 e. The van der Waals surface area contributed by atoms with Crippen LogP contribution in [0, 0.1) is 0 Å². The highest BCUT2D eigenvalue weighted by Gasteiger charge is 2.20. The molecule has 1 rings (SSSR count). The number of allylic oxidation sites excluding steroid dienone is 1. The van der Waals surface area contributed by atoms with E-state index < -0.39 is 48.4 Å². The van der Waals surface area contributed by atoms with Crippen molar-refractivity contribution in [3.8, 4) is 0 Å². The first kappa shape index (κ1) is 30.7. The van der Waals surface area contributed by atoms with Crippen molar-refractivity contribution in [2.75, 3.05) is 25.2 Å². The van der Waals surface area contributed by atoms with E-state index in [2.05, 4.69) is 11.3 Å². The lowest BCUT2D eigenvalue weighted by atomic mass is 10.2. The van der Waals surface area contributed by atoms with Gasteiger partial charge in [0.1, 0.15) is 12.7 Å². The highest BCUT2D eigenvalue weighted by atomic mass is 33.1. The number of rotatable bonds is 17. The van der Waals surface area contributed by atoms with Crippen molar-refractivity contribution in [1.82, 2.24) is 13.7 Å². The minimum absolute atomic E-state index is 0.0644. The standard InChI is InChI=1S/C21H33N3O9S2/c1-4-6-15(25)12-23-19(29)22(9-5-2)20(30)24(21(23)31)13-16(26)14-33-18(28)8-11-35-34-10-7-17(27)32-3/h5,15-16,25-26H,2,4,6-14H2,1,3H3. The topological polar surface area (TPSA) is 159 Å². The van der Waals surface area contributed by atoms with Gasteiger partial charge in [-0.15, -0.1) is 6.58 Å². The Bertz CT molecular complexity index is 1020. The van der Waals surface area contributed by atoms with E-state index >= 15 is 0 Å². The minimum atomic E-state index is -1.38. The Hall–Kier alpha value is -2.29. The molecule has 12 nitrogen and oxygen atoms in total. The summed E-state index contributed by atoms with van der Waals surface area (Å²) < 4.78 is 11.7. The van der Waals surface area contributed by atoms with Crippen LogP contribution in [0.2, 0.25) is 0 Å². The first-order chi connectivity index (χ1) is 16.7. The summed E-state index contributed by atoms with van der Waals surface area (Å²) in [5, 5.41) is 20.3. The number of carbonyl (C=O) groups excluding carboxylic acids is 2. The lowest BCUT2D eigenvalue weighted by molar-refractivity contribution is -0.146. The zero-order valence-corrected chi connectivity index (χ0v) is 21.6. The fourth-order valence-electron chi connectivity index (χ4n) is 2.91. The average Bonchev–Trinajstić information content (AvgIpc) is 2.83. The van der Waals surface area contributed by atoms with E-state index in [1.807, 2.05) is 6.92 Å². The maximum Gasteiger partial charge on any atom is 0.336 e. The summed E-state index contributed by atoms with van der Waals surface area (Å²) in [6.45, 7) is 3.90. The summed E-state index contributed by atoms with van der Waals surface area (Å²) in [6.07, 6.45) is 0.288. The lowest BCUT2D eigenvalue weighted by Crippen LogP contribution is -2.56. The summed E-state index contributed by atoms with van der Waals surface area (Å²) in [6, 6.07) is 0. The van der Waals surface area contributed by atoms with Crippen molar-refractivity contribution in [3.05, 3.63) is 44.1 Å². The molecule has 0 aromatic carbocycles. The summed E-state index contributed by atoms with van der Waals surface area (Å²) in [5.41, 5.74) is -2.79. The van der Waals surface area contributed by atoms with Crippen LogP contribution >= 0.6 is 21.6 Å². The molecule has 0 aliphatic carbocycles. The predicted molar refractivity (Wildman–Crippen MR) is 133 cm³/mol. The quantitative estimate of drug-likeness (QED) is 0.117. The van der Waals surface area contributed by atoms with E-state index in [-0.39, 0.29) is 31.9 Å². The molecule has 1 aromatic heterocycles. The normalized spacial score (nSPS) is 12.7. The number of hydrogen-bond acceptors (Lipinski definition) is 11. The van der Waals surface area contributed by atoms with Crippen molar-refractivity contribution in [1.29, 1.82) is 0 Å².